The zero-order chi connectivity index (χ0) is 19.1. The number of hydrogen-bond donors (Lipinski definition) is 0. The van der Waals surface area contributed by atoms with Gasteiger partial charge in [-0.15, -0.1) is 0 Å². The van der Waals surface area contributed by atoms with Crippen LogP contribution in [0, 0.1) is 23.0 Å². The van der Waals surface area contributed by atoms with Crippen LogP contribution in [0.15, 0.2) is 48.8 Å². The van der Waals surface area contributed by atoms with Gasteiger partial charge in [0.1, 0.15) is 11.4 Å². The molecule has 0 aliphatic carbocycles. The number of fused-ring (bicyclic) bond motifs is 1. The summed E-state index contributed by atoms with van der Waals surface area (Å²) in [6.07, 6.45) is 4.06. The fraction of sp³-hybridized carbons (Fsp3) is 0.381. The van der Waals surface area contributed by atoms with E-state index in [9.17, 15) is 8.78 Å². The Bertz CT molecular complexity index is 969. The fourth-order valence-electron chi connectivity index (χ4n) is 4.24. The summed E-state index contributed by atoms with van der Waals surface area (Å²) in [4.78, 5) is 7.06. The summed E-state index contributed by atoms with van der Waals surface area (Å²) >= 11 is 0. The summed E-state index contributed by atoms with van der Waals surface area (Å²) in [6, 6.07) is 9.62. The van der Waals surface area contributed by atoms with Gasteiger partial charge < -0.3 is 13.9 Å². The number of pyridine rings is 1. The van der Waals surface area contributed by atoms with Crippen molar-refractivity contribution < 1.29 is 18.3 Å². The van der Waals surface area contributed by atoms with Gasteiger partial charge in [-0.1, -0.05) is 6.07 Å². The summed E-state index contributed by atoms with van der Waals surface area (Å²) in [5.41, 5.74) is 2.04. The third-order valence-corrected chi connectivity index (χ3v) is 5.80. The van der Waals surface area contributed by atoms with E-state index in [1.807, 2.05) is 28.8 Å². The van der Waals surface area contributed by atoms with Crippen molar-refractivity contribution in [2.75, 3.05) is 32.9 Å². The van der Waals surface area contributed by atoms with Gasteiger partial charge in [0.15, 0.2) is 11.6 Å². The normalized spacial score (nSPS) is 21.3. The number of halogens is 2. The van der Waals surface area contributed by atoms with Gasteiger partial charge in [0.05, 0.1) is 25.5 Å². The highest BCUT2D eigenvalue weighted by molar-refractivity contribution is 5.39. The van der Waals surface area contributed by atoms with Crippen molar-refractivity contribution >= 4 is 5.65 Å². The van der Waals surface area contributed by atoms with Crippen LogP contribution in [0.2, 0.25) is 0 Å². The molecular weight excluding hydrogens is 364 g/mol. The molecule has 1 aromatic carbocycles. The molecule has 3 aromatic rings. The maximum atomic E-state index is 13.4. The van der Waals surface area contributed by atoms with Crippen LogP contribution in [0.1, 0.15) is 5.69 Å². The highest BCUT2D eigenvalue weighted by Crippen LogP contribution is 2.43. The zero-order valence-electron chi connectivity index (χ0n) is 15.4. The molecular formula is C21H21F2N3O2. The lowest BCUT2D eigenvalue weighted by Gasteiger charge is -2.42. The molecule has 28 heavy (non-hydrogen) atoms. The number of likely N-dealkylation sites (tertiary alicyclic amines) is 1. The van der Waals surface area contributed by atoms with Gasteiger partial charge >= 0.3 is 0 Å². The first-order valence-electron chi connectivity index (χ1n) is 9.42. The number of rotatable bonds is 5. The summed E-state index contributed by atoms with van der Waals surface area (Å²) in [7, 11) is 0. The van der Waals surface area contributed by atoms with Crippen molar-refractivity contribution in [3.63, 3.8) is 0 Å². The predicted octanol–water partition coefficient (Wildman–Crippen LogP) is 3.14. The van der Waals surface area contributed by atoms with Crippen molar-refractivity contribution in [2.45, 2.75) is 6.54 Å². The summed E-state index contributed by atoms with van der Waals surface area (Å²) < 4.78 is 39.8. The standard InChI is InChI=1S/C21H21F2N3O2/c22-18-5-4-17(7-19(18)23)28-11-15-8-25(12-21(15)13-27-14-21)9-16-10-26-6-2-1-3-20(26)24-16/h1-7,10,15H,8-9,11-14H2. The highest BCUT2D eigenvalue weighted by atomic mass is 19.2. The molecule has 4 heterocycles. The van der Waals surface area contributed by atoms with Gasteiger partial charge in [0, 0.05) is 49.4 Å². The Balaban J connectivity index is 1.27. The van der Waals surface area contributed by atoms with Crippen LogP contribution in [0.4, 0.5) is 8.78 Å². The lowest BCUT2D eigenvalue weighted by atomic mass is 9.77. The van der Waals surface area contributed by atoms with E-state index in [0.717, 1.165) is 43.1 Å². The first kappa shape index (κ1) is 17.6. The molecule has 0 N–H and O–H groups in total. The number of hydrogen-bond acceptors (Lipinski definition) is 4. The van der Waals surface area contributed by atoms with Crippen LogP contribution in [-0.4, -0.2) is 47.2 Å². The summed E-state index contributed by atoms with van der Waals surface area (Å²) in [6.45, 7) is 4.43. The Morgan fingerprint density at radius 3 is 2.82 bits per heavy atom. The number of aromatic nitrogens is 2. The minimum Gasteiger partial charge on any atom is -0.493 e. The van der Waals surface area contributed by atoms with E-state index in [-0.39, 0.29) is 11.3 Å². The molecule has 5 rings (SSSR count). The predicted molar refractivity (Wildman–Crippen MR) is 99.1 cm³/mol. The molecule has 5 nitrogen and oxygen atoms in total. The molecule has 7 heteroatoms. The van der Waals surface area contributed by atoms with Gasteiger partial charge in [-0.25, -0.2) is 13.8 Å². The van der Waals surface area contributed by atoms with Crippen molar-refractivity contribution in [3.8, 4) is 5.75 Å². The minimum atomic E-state index is -0.890. The lowest BCUT2D eigenvalue weighted by Crippen LogP contribution is -2.50. The molecule has 1 atom stereocenters. The van der Waals surface area contributed by atoms with E-state index in [4.69, 9.17) is 9.47 Å². The highest BCUT2D eigenvalue weighted by Gasteiger charge is 2.52. The fourth-order valence-corrected chi connectivity index (χ4v) is 4.24. The number of imidazole rings is 1. The average molecular weight is 385 g/mol. The molecule has 2 aliphatic rings. The molecule has 0 bridgehead atoms. The molecule has 0 saturated carbocycles. The second-order valence-electron chi connectivity index (χ2n) is 7.81. The van der Waals surface area contributed by atoms with E-state index in [2.05, 4.69) is 16.1 Å². The Morgan fingerprint density at radius 1 is 1.18 bits per heavy atom. The summed E-state index contributed by atoms with van der Waals surface area (Å²) in [5, 5.41) is 0. The van der Waals surface area contributed by atoms with Gasteiger partial charge in [-0.05, 0) is 24.3 Å². The van der Waals surface area contributed by atoms with Gasteiger partial charge in [-0.3, -0.25) is 4.90 Å². The van der Waals surface area contributed by atoms with E-state index in [1.54, 1.807) is 0 Å². The Labute approximate surface area is 161 Å². The van der Waals surface area contributed by atoms with Crippen molar-refractivity contribution in [3.05, 3.63) is 66.1 Å². The van der Waals surface area contributed by atoms with Crippen LogP contribution in [-0.2, 0) is 11.3 Å². The largest absolute Gasteiger partial charge is 0.493 e. The second-order valence-corrected chi connectivity index (χ2v) is 7.81. The summed E-state index contributed by atoms with van der Waals surface area (Å²) in [5.74, 6) is -1.13. The molecule has 1 unspecified atom stereocenters. The molecule has 2 saturated heterocycles. The van der Waals surface area contributed by atoms with Gasteiger partial charge in [0.2, 0.25) is 0 Å². The number of nitrogens with zero attached hydrogens (tertiary/aromatic N) is 3. The van der Waals surface area contributed by atoms with Crippen molar-refractivity contribution in [1.82, 2.24) is 14.3 Å². The first-order valence-corrected chi connectivity index (χ1v) is 9.42. The van der Waals surface area contributed by atoms with Crippen molar-refractivity contribution in [1.29, 1.82) is 0 Å². The Hall–Kier alpha value is -2.51. The Morgan fingerprint density at radius 2 is 2.07 bits per heavy atom. The number of ether oxygens (including phenoxy) is 2. The monoisotopic (exact) mass is 385 g/mol. The zero-order valence-corrected chi connectivity index (χ0v) is 15.4. The topological polar surface area (TPSA) is 39.0 Å². The molecule has 2 aromatic heterocycles. The first-order chi connectivity index (χ1) is 13.6. The van der Waals surface area contributed by atoms with Crippen LogP contribution in [0.3, 0.4) is 0 Å². The average Bonchev–Trinajstić information content (AvgIpc) is 3.23. The smallest absolute Gasteiger partial charge is 0.162 e. The SMILES string of the molecule is Fc1ccc(OCC2CN(Cc3cn4ccccc4n3)CC23COC3)cc1F. The molecule has 2 aliphatic heterocycles. The van der Waals surface area contributed by atoms with E-state index in [0.29, 0.717) is 25.6 Å². The molecule has 2 fully saturated rings. The van der Waals surface area contributed by atoms with Crippen molar-refractivity contribution in [2.24, 2.45) is 11.3 Å². The molecule has 0 amide bonds. The van der Waals surface area contributed by atoms with E-state index < -0.39 is 11.6 Å². The van der Waals surface area contributed by atoms with Crippen LogP contribution in [0.25, 0.3) is 5.65 Å². The van der Waals surface area contributed by atoms with Crippen LogP contribution in [0.5, 0.6) is 5.75 Å². The number of benzene rings is 1. The molecule has 146 valence electrons. The van der Waals surface area contributed by atoms with Gasteiger partial charge in [0.25, 0.3) is 0 Å². The third kappa shape index (κ3) is 3.14. The maximum absolute atomic E-state index is 13.4. The minimum absolute atomic E-state index is 0.0672. The Kier molecular flexibility index (Phi) is 4.29. The van der Waals surface area contributed by atoms with E-state index >= 15 is 0 Å². The molecule has 1 spiro atoms. The maximum Gasteiger partial charge on any atom is 0.162 e. The van der Waals surface area contributed by atoms with Crippen LogP contribution >= 0.6 is 0 Å². The quantitative estimate of drug-likeness (QED) is 0.677. The van der Waals surface area contributed by atoms with E-state index in [1.165, 1.54) is 6.07 Å². The third-order valence-electron chi connectivity index (χ3n) is 5.80. The lowest BCUT2D eigenvalue weighted by molar-refractivity contribution is -0.133. The second kappa shape index (κ2) is 6.83. The van der Waals surface area contributed by atoms with Gasteiger partial charge in [-0.2, -0.15) is 0 Å². The molecule has 0 radical (unpaired) electrons. The van der Waals surface area contributed by atoms with Crippen LogP contribution < -0.4 is 4.74 Å².